The average Bonchev–Trinajstić information content (AvgIpc) is 2.71. The lowest BCUT2D eigenvalue weighted by Gasteiger charge is -2.34. The number of ether oxygens (including phenoxy) is 2. The lowest BCUT2D eigenvalue weighted by atomic mass is 9.84. The highest BCUT2D eigenvalue weighted by atomic mass is 16.5. The highest BCUT2D eigenvalue weighted by Gasteiger charge is 2.28. The minimum atomic E-state index is -0.113. The van der Waals surface area contributed by atoms with E-state index in [4.69, 9.17) is 14.5 Å². The number of guanidine groups is 1. The maximum absolute atomic E-state index is 12.0. The zero-order chi connectivity index (χ0) is 20.6. The Balaban J connectivity index is 2.04. The molecule has 1 aliphatic rings. The molecule has 1 N–H and O–H groups in total. The van der Waals surface area contributed by atoms with Crippen molar-refractivity contribution in [2.24, 2.45) is 10.9 Å². The standard InChI is InChI=1S/C22H35N3O3/c1-6-23-21(25-13-11-17(12-14-25)20(26)28-7-2)24-16-22(3,4)18-9-8-10-19(15-18)27-5/h8-10,15,17H,6-7,11-14,16H2,1-5H3,(H,23,24). The van der Waals surface area contributed by atoms with Crippen LogP contribution in [0.2, 0.25) is 0 Å². The highest BCUT2D eigenvalue weighted by Crippen LogP contribution is 2.27. The smallest absolute Gasteiger partial charge is 0.309 e. The third-order valence-electron chi connectivity index (χ3n) is 5.22. The fourth-order valence-corrected chi connectivity index (χ4v) is 3.42. The van der Waals surface area contributed by atoms with E-state index in [2.05, 4.69) is 43.1 Å². The van der Waals surface area contributed by atoms with Gasteiger partial charge in [0.05, 0.1) is 26.2 Å². The van der Waals surface area contributed by atoms with Gasteiger partial charge in [-0.05, 0) is 44.4 Å². The van der Waals surface area contributed by atoms with Crippen LogP contribution in [-0.2, 0) is 14.9 Å². The molecule has 28 heavy (non-hydrogen) atoms. The Kier molecular flexibility index (Phi) is 8.15. The molecule has 1 fully saturated rings. The van der Waals surface area contributed by atoms with Crippen LogP contribution in [0, 0.1) is 5.92 Å². The fourth-order valence-electron chi connectivity index (χ4n) is 3.42. The van der Waals surface area contributed by atoms with E-state index in [1.165, 1.54) is 5.56 Å². The van der Waals surface area contributed by atoms with Crippen molar-refractivity contribution in [2.75, 3.05) is 39.9 Å². The van der Waals surface area contributed by atoms with E-state index >= 15 is 0 Å². The largest absolute Gasteiger partial charge is 0.497 e. The minimum absolute atomic E-state index is 0.00676. The monoisotopic (exact) mass is 389 g/mol. The third-order valence-corrected chi connectivity index (χ3v) is 5.22. The van der Waals surface area contributed by atoms with Gasteiger partial charge < -0.3 is 19.7 Å². The Hall–Kier alpha value is -2.24. The molecule has 1 saturated heterocycles. The van der Waals surface area contributed by atoms with Crippen molar-refractivity contribution in [3.8, 4) is 5.75 Å². The van der Waals surface area contributed by atoms with E-state index in [9.17, 15) is 4.79 Å². The second-order valence-corrected chi connectivity index (χ2v) is 7.80. The van der Waals surface area contributed by atoms with Gasteiger partial charge in [0.25, 0.3) is 0 Å². The van der Waals surface area contributed by atoms with Gasteiger partial charge in [0, 0.05) is 25.0 Å². The number of methoxy groups -OCH3 is 1. The molecule has 0 aromatic heterocycles. The second-order valence-electron chi connectivity index (χ2n) is 7.80. The maximum Gasteiger partial charge on any atom is 0.309 e. The van der Waals surface area contributed by atoms with Gasteiger partial charge in [0.1, 0.15) is 5.75 Å². The van der Waals surface area contributed by atoms with Crippen LogP contribution in [0.5, 0.6) is 5.75 Å². The van der Waals surface area contributed by atoms with E-state index < -0.39 is 0 Å². The van der Waals surface area contributed by atoms with Crippen LogP contribution in [0.15, 0.2) is 29.3 Å². The molecule has 1 aromatic rings. The molecule has 1 aliphatic heterocycles. The van der Waals surface area contributed by atoms with Crippen LogP contribution in [-0.4, -0.2) is 56.7 Å². The minimum Gasteiger partial charge on any atom is -0.497 e. The summed E-state index contributed by atoms with van der Waals surface area (Å²) in [5, 5.41) is 3.40. The molecule has 0 amide bonds. The van der Waals surface area contributed by atoms with Crippen LogP contribution in [0.1, 0.15) is 46.1 Å². The number of hydrogen-bond donors (Lipinski definition) is 1. The summed E-state index contributed by atoms with van der Waals surface area (Å²) in [7, 11) is 1.69. The lowest BCUT2D eigenvalue weighted by molar-refractivity contribution is -0.149. The zero-order valence-electron chi connectivity index (χ0n) is 18.0. The van der Waals surface area contributed by atoms with Crippen molar-refractivity contribution in [1.29, 1.82) is 0 Å². The zero-order valence-corrected chi connectivity index (χ0v) is 18.0. The SMILES string of the molecule is CCNC(=NCC(C)(C)c1cccc(OC)c1)N1CCC(C(=O)OCC)CC1. The molecule has 0 unspecified atom stereocenters. The lowest BCUT2D eigenvalue weighted by Crippen LogP contribution is -2.47. The number of benzene rings is 1. The predicted octanol–water partition coefficient (Wildman–Crippen LogP) is 3.21. The first-order chi connectivity index (χ1) is 13.4. The summed E-state index contributed by atoms with van der Waals surface area (Å²) in [6, 6.07) is 8.18. The van der Waals surface area contributed by atoms with Crippen LogP contribution >= 0.6 is 0 Å². The van der Waals surface area contributed by atoms with Gasteiger partial charge in [-0.25, -0.2) is 0 Å². The summed E-state index contributed by atoms with van der Waals surface area (Å²) in [6.45, 7) is 11.9. The molecular formula is C22H35N3O3. The first-order valence-corrected chi connectivity index (χ1v) is 10.3. The number of hydrogen-bond acceptors (Lipinski definition) is 4. The number of esters is 1. The van der Waals surface area contributed by atoms with E-state index in [0.29, 0.717) is 13.2 Å². The summed E-state index contributed by atoms with van der Waals surface area (Å²) in [4.78, 5) is 19.1. The summed E-state index contributed by atoms with van der Waals surface area (Å²) >= 11 is 0. The van der Waals surface area contributed by atoms with Crippen LogP contribution in [0.4, 0.5) is 0 Å². The van der Waals surface area contributed by atoms with Crippen molar-refractivity contribution >= 4 is 11.9 Å². The summed E-state index contributed by atoms with van der Waals surface area (Å²) in [6.07, 6.45) is 1.62. The molecule has 0 bridgehead atoms. The molecule has 1 aromatic carbocycles. The number of carbonyl (C=O) groups excluding carboxylic acids is 1. The summed E-state index contributed by atoms with van der Waals surface area (Å²) < 4.78 is 10.5. The quantitative estimate of drug-likeness (QED) is 0.441. The van der Waals surface area contributed by atoms with E-state index in [-0.39, 0.29) is 17.3 Å². The number of carbonyl (C=O) groups is 1. The summed E-state index contributed by atoms with van der Waals surface area (Å²) in [5.41, 5.74) is 1.09. The van der Waals surface area contributed by atoms with Crippen LogP contribution in [0.25, 0.3) is 0 Å². The fraction of sp³-hybridized carbons (Fsp3) is 0.636. The van der Waals surface area contributed by atoms with Gasteiger partial charge in [0.15, 0.2) is 5.96 Å². The molecule has 1 heterocycles. The van der Waals surface area contributed by atoms with Crippen molar-refractivity contribution in [3.05, 3.63) is 29.8 Å². The molecule has 0 atom stereocenters. The van der Waals surface area contributed by atoms with Crippen molar-refractivity contribution in [1.82, 2.24) is 10.2 Å². The number of likely N-dealkylation sites (tertiary alicyclic amines) is 1. The molecule has 6 nitrogen and oxygen atoms in total. The molecule has 0 aliphatic carbocycles. The van der Waals surface area contributed by atoms with Crippen LogP contribution < -0.4 is 10.1 Å². The Morgan fingerprint density at radius 1 is 1.29 bits per heavy atom. The first-order valence-electron chi connectivity index (χ1n) is 10.3. The van der Waals surface area contributed by atoms with Crippen molar-refractivity contribution in [2.45, 2.75) is 46.0 Å². The predicted molar refractivity (Wildman–Crippen MR) is 113 cm³/mol. The van der Waals surface area contributed by atoms with Gasteiger partial charge in [-0.2, -0.15) is 0 Å². The maximum atomic E-state index is 12.0. The molecular weight excluding hydrogens is 354 g/mol. The molecule has 2 rings (SSSR count). The van der Waals surface area contributed by atoms with Gasteiger partial charge in [0.2, 0.25) is 0 Å². The normalized spacial score (nSPS) is 16.0. The van der Waals surface area contributed by atoms with Gasteiger partial charge in [-0.1, -0.05) is 26.0 Å². The van der Waals surface area contributed by atoms with E-state index in [1.54, 1.807) is 7.11 Å². The Morgan fingerprint density at radius 3 is 2.61 bits per heavy atom. The third kappa shape index (κ3) is 5.88. The Morgan fingerprint density at radius 2 is 2.00 bits per heavy atom. The second kappa shape index (κ2) is 10.3. The van der Waals surface area contributed by atoms with Crippen molar-refractivity contribution in [3.63, 3.8) is 0 Å². The highest BCUT2D eigenvalue weighted by molar-refractivity contribution is 5.80. The number of rotatable bonds is 7. The van der Waals surface area contributed by atoms with E-state index in [1.807, 2.05) is 19.1 Å². The molecule has 0 saturated carbocycles. The number of aliphatic imine (C=N–C) groups is 1. The van der Waals surface area contributed by atoms with Gasteiger partial charge in [-0.3, -0.25) is 9.79 Å². The number of nitrogens with one attached hydrogen (secondary N) is 1. The van der Waals surface area contributed by atoms with Crippen molar-refractivity contribution < 1.29 is 14.3 Å². The first kappa shape index (κ1) is 22.1. The number of nitrogens with zero attached hydrogens (tertiary/aromatic N) is 2. The topological polar surface area (TPSA) is 63.2 Å². The Bertz CT molecular complexity index is 665. The molecule has 0 spiro atoms. The molecule has 6 heteroatoms. The van der Waals surface area contributed by atoms with Gasteiger partial charge in [-0.15, -0.1) is 0 Å². The molecule has 0 radical (unpaired) electrons. The van der Waals surface area contributed by atoms with Gasteiger partial charge >= 0.3 is 5.97 Å². The van der Waals surface area contributed by atoms with E-state index in [0.717, 1.165) is 44.2 Å². The number of piperidine rings is 1. The average molecular weight is 390 g/mol. The van der Waals surface area contributed by atoms with Crippen LogP contribution in [0.3, 0.4) is 0 Å². The Labute approximate surface area is 169 Å². The summed E-state index contributed by atoms with van der Waals surface area (Å²) in [5.74, 6) is 1.72. The molecule has 156 valence electrons.